The number of rotatable bonds is 5. The number of hydrogen-bond acceptors (Lipinski definition) is 6. The number of carbonyl (C=O) groups is 1. The van der Waals surface area contributed by atoms with E-state index in [1.165, 1.54) is 11.3 Å². The Labute approximate surface area is 127 Å². The quantitative estimate of drug-likeness (QED) is 0.882. The first kappa shape index (κ1) is 15.7. The van der Waals surface area contributed by atoms with Gasteiger partial charge < -0.3 is 15.8 Å². The number of methoxy groups -OCH3 is 1. The molecular weight excluding hydrogens is 288 g/mol. The highest BCUT2D eigenvalue weighted by molar-refractivity contribution is 7.21. The van der Waals surface area contributed by atoms with Crippen LogP contribution in [0.15, 0.2) is 0 Å². The monoisotopic (exact) mass is 308 g/mol. The van der Waals surface area contributed by atoms with Crippen LogP contribution in [0.2, 0.25) is 0 Å². The van der Waals surface area contributed by atoms with Gasteiger partial charge in [-0.25, -0.2) is 0 Å². The number of thiophene rings is 1. The van der Waals surface area contributed by atoms with Crippen molar-refractivity contribution in [3.05, 3.63) is 16.1 Å². The molecule has 2 heterocycles. The summed E-state index contributed by atoms with van der Waals surface area (Å²) >= 11 is 1.27. The van der Waals surface area contributed by atoms with Gasteiger partial charge in [-0.3, -0.25) is 4.79 Å². The standard InChI is InChI=1S/C14H20N4O2S/c1-5-9(6-20-4)16-13(19)12-11(15)10-7(2)8(3)17-18-14(10)21-12/h9H,5-6,15H2,1-4H3,(H,16,19). The summed E-state index contributed by atoms with van der Waals surface area (Å²) in [6.07, 6.45) is 0.794. The van der Waals surface area contributed by atoms with E-state index in [9.17, 15) is 4.79 Å². The summed E-state index contributed by atoms with van der Waals surface area (Å²) in [5.41, 5.74) is 8.43. The molecule has 7 heteroatoms. The van der Waals surface area contributed by atoms with Gasteiger partial charge in [-0.05, 0) is 25.8 Å². The molecule has 0 saturated heterocycles. The fraction of sp³-hybridized carbons (Fsp3) is 0.500. The van der Waals surface area contributed by atoms with Crippen molar-refractivity contribution in [2.24, 2.45) is 0 Å². The maximum atomic E-state index is 12.4. The second kappa shape index (κ2) is 6.36. The number of nitrogens with one attached hydrogen (secondary N) is 1. The van der Waals surface area contributed by atoms with Gasteiger partial charge >= 0.3 is 0 Å². The summed E-state index contributed by atoms with van der Waals surface area (Å²) in [6, 6.07) is -0.0268. The molecule has 2 aromatic heterocycles. The van der Waals surface area contributed by atoms with Crippen LogP contribution in [0.1, 0.15) is 34.3 Å². The van der Waals surface area contributed by atoms with Gasteiger partial charge in [-0.1, -0.05) is 6.92 Å². The van der Waals surface area contributed by atoms with Crippen LogP contribution >= 0.6 is 11.3 Å². The summed E-state index contributed by atoms with van der Waals surface area (Å²) in [6.45, 7) is 6.30. The molecule has 0 aliphatic carbocycles. The molecule has 0 bridgehead atoms. The summed E-state index contributed by atoms with van der Waals surface area (Å²) in [7, 11) is 1.62. The van der Waals surface area contributed by atoms with Crippen LogP contribution in [0.5, 0.6) is 0 Å². The van der Waals surface area contributed by atoms with Crippen LogP contribution in [-0.4, -0.2) is 35.9 Å². The molecule has 21 heavy (non-hydrogen) atoms. The Morgan fingerprint density at radius 1 is 1.43 bits per heavy atom. The molecule has 0 radical (unpaired) electrons. The normalized spacial score (nSPS) is 12.6. The molecule has 6 nitrogen and oxygen atoms in total. The van der Waals surface area contributed by atoms with Crippen molar-refractivity contribution in [1.29, 1.82) is 0 Å². The first-order valence-corrected chi connectivity index (χ1v) is 7.62. The number of amides is 1. The lowest BCUT2D eigenvalue weighted by Crippen LogP contribution is -2.37. The highest BCUT2D eigenvalue weighted by atomic mass is 32.1. The van der Waals surface area contributed by atoms with Crippen LogP contribution in [-0.2, 0) is 4.74 Å². The molecule has 0 spiro atoms. The number of nitrogens with zero attached hydrogens (tertiary/aromatic N) is 2. The number of fused-ring (bicyclic) bond motifs is 1. The lowest BCUT2D eigenvalue weighted by atomic mass is 10.1. The fourth-order valence-electron chi connectivity index (χ4n) is 2.12. The number of aromatic nitrogens is 2. The number of carbonyl (C=O) groups excluding carboxylic acids is 1. The Morgan fingerprint density at radius 3 is 2.76 bits per heavy atom. The molecule has 3 N–H and O–H groups in total. The smallest absolute Gasteiger partial charge is 0.263 e. The number of aryl methyl sites for hydroxylation is 2. The van der Waals surface area contributed by atoms with Gasteiger partial charge in [0.05, 0.1) is 24.0 Å². The zero-order valence-electron chi connectivity index (χ0n) is 12.7. The van der Waals surface area contributed by atoms with Crippen molar-refractivity contribution in [3.8, 4) is 0 Å². The van der Waals surface area contributed by atoms with Crippen molar-refractivity contribution in [1.82, 2.24) is 15.5 Å². The molecule has 0 aliphatic rings. The van der Waals surface area contributed by atoms with E-state index in [4.69, 9.17) is 10.5 Å². The lowest BCUT2D eigenvalue weighted by Gasteiger charge is -2.15. The topological polar surface area (TPSA) is 90.1 Å². The Hall–Kier alpha value is -1.73. The molecule has 1 amide bonds. The van der Waals surface area contributed by atoms with E-state index in [-0.39, 0.29) is 11.9 Å². The number of anilines is 1. The summed E-state index contributed by atoms with van der Waals surface area (Å²) in [5.74, 6) is -0.184. The Bertz CT molecular complexity index is 669. The van der Waals surface area contributed by atoms with E-state index >= 15 is 0 Å². The Kier molecular flexibility index (Phi) is 4.74. The average Bonchev–Trinajstić information content (AvgIpc) is 2.80. The van der Waals surface area contributed by atoms with E-state index in [1.807, 2.05) is 20.8 Å². The number of ether oxygens (including phenoxy) is 1. The highest BCUT2D eigenvalue weighted by Crippen LogP contribution is 2.34. The lowest BCUT2D eigenvalue weighted by molar-refractivity contribution is 0.0899. The number of hydrogen-bond donors (Lipinski definition) is 2. The van der Waals surface area contributed by atoms with E-state index in [0.717, 1.165) is 23.1 Å². The maximum Gasteiger partial charge on any atom is 0.263 e. The Balaban J connectivity index is 2.36. The van der Waals surface area contributed by atoms with Gasteiger partial charge in [0.1, 0.15) is 9.71 Å². The molecule has 114 valence electrons. The van der Waals surface area contributed by atoms with Crippen LogP contribution < -0.4 is 11.1 Å². The minimum absolute atomic E-state index is 0.0268. The van der Waals surface area contributed by atoms with Crippen LogP contribution in [0.25, 0.3) is 10.2 Å². The average molecular weight is 308 g/mol. The van der Waals surface area contributed by atoms with Gasteiger partial charge in [0.2, 0.25) is 0 Å². The van der Waals surface area contributed by atoms with Gasteiger partial charge in [-0.15, -0.1) is 16.4 Å². The van der Waals surface area contributed by atoms with Crippen molar-refractivity contribution in [3.63, 3.8) is 0 Å². The second-order valence-electron chi connectivity index (χ2n) is 4.97. The molecule has 2 rings (SSSR count). The van der Waals surface area contributed by atoms with E-state index in [0.29, 0.717) is 22.0 Å². The Morgan fingerprint density at radius 2 is 2.14 bits per heavy atom. The molecule has 2 aromatic rings. The van der Waals surface area contributed by atoms with Crippen LogP contribution in [0.3, 0.4) is 0 Å². The van der Waals surface area contributed by atoms with Gasteiger partial charge in [0, 0.05) is 12.5 Å². The van der Waals surface area contributed by atoms with Crippen LogP contribution in [0.4, 0.5) is 5.69 Å². The van der Waals surface area contributed by atoms with Crippen molar-refractivity contribution in [2.45, 2.75) is 33.2 Å². The van der Waals surface area contributed by atoms with E-state index < -0.39 is 0 Å². The van der Waals surface area contributed by atoms with E-state index in [1.54, 1.807) is 7.11 Å². The molecule has 0 fully saturated rings. The number of nitrogen functional groups attached to an aromatic ring is 1. The second-order valence-corrected chi connectivity index (χ2v) is 5.97. The SMILES string of the molecule is CCC(COC)NC(=O)c1sc2nnc(C)c(C)c2c1N. The third kappa shape index (κ3) is 2.98. The van der Waals surface area contributed by atoms with Crippen molar-refractivity contribution < 1.29 is 9.53 Å². The van der Waals surface area contributed by atoms with Gasteiger partial charge in [0.25, 0.3) is 5.91 Å². The molecule has 0 aromatic carbocycles. The molecule has 0 aliphatic heterocycles. The summed E-state index contributed by atoms with van der Waals surface area (Å²) < 4.78 is 5.09. The zero-order chi connectivity index (χ0) is 15.6. The maximum absolute atomic E-state index is 12.4. The molecule has 1 unspecified atom stereocenters. The first-order valence-electron chi connectivity index (χ1n) is 6.81. The highest BCUT2D eigenvalue weighted by Gasteiger charge is 2.21. The van der Waals surface area contributed by atoms with Crippen LogP contribution in [0, 0.1) is 13.8 Å². The van der Waals surface area contributed by atoms with Gasteiger partial charge in [-0.2, -0.15) is 5.10 Å². The van der Waals surface area contributed by atoms with Crippen molar-refractivity contribution >= 4 is 33.1 Å². The number of nitrogens with two attached hydrogens (primary N) is 1. The molecule has 0 saturated carbocycles. The van der Waals surface area contributed by atoms with E-state index in [2.05, 4.69) is 15.5 Å². The minimum atomic E-state index is -0.184. The summed E-state index contributed by atoms with van der Waals surface area (Å²) in [4.78, 5) is 13.6. The van der Waals surface area contributed by atoms with Gasteiger partial charge in [0.15, 0.2) is 0 Å². The summed E-state index contributed by atoms with van der Waals surface area (Å²) in [5, 5.41) is 12.0. The predicted molar refractivity (Wildman–Crippen MR) is 84.7 cm³/mol. The largest absolute Gasteiger partial charge is 0.397 e. The molecular formula is C14H20N4O2S. The third-order valence-corrected chi connectivity index (χ3v) is 4.63. The fourth-order valence-corrected chi connectivity index (χ4v) is 3.13. The third-order valence-electron chi connectivity index (χ3n) is 3.54. The predicted octanol–water partition coefficient (Wildman–Crippen LogP) is 2.05. The van der Waals surface area contributed by atoms with Crippen molar-refractivity contribution in [2.75, 3.05) is 19.5 Å². The molecule has 1 atom stereocenters. The zero-order valence-corrected chi connectivity index (χ0v) is 13.5. The first-order chi connectivity index (χ1) is 9.99. The minimum Gasteiger partial charge on any atom is -0.397 e.